The Kier molecular flexibility index (Phi) is 3.82. The van der Waals surface area contributed by atoms with Crippen LogP contribution >= 0.6 is 0 Å². The van der Waals surface area contributed by atoms with Crippen molar-refractivity contribution in [3.8, 4) is 0 Å². The average Bonchev–Trinajstić information content (AvgIpc) is 2.88. The number of rotatable bonds is 4. The Morgan fingerprint density at radius 3 is 3.05 bits per heavy atom. The molecular formula is C15H19NO3. The predicted octanol–water partition coefficient (Wildman–Crippen LogP) is 2.70. The number of hydrogen-bond donors (Lipinski definition) is 2. The maximum Gasteiger partial charge on any atom is 0.158 e. The highest BCUT2D eigenvalue weighted by atomic mass is 16.7. The van der Waals surface area contributed by atoms with Gasteiger partial charge in [-0.05, 0) is 43.0 Å². The molecule has 102 valence electrons. The van der Waals surface area contributed by atoms with Crippen molar-refractivity contribution in [3.63, 3.8) is 0 Å². The summed E-state index contributed by atoms with van der Waals surface area (Å²) in [6.07, 6.45) is 3.23. The highest BCUT2D eigenvalue weighted by Gasteiger charge is 2.14. The highest BCUT2D eigenvalue weighted by Crippen LogP contribution is 2.20. The largest absolute Gasteiger partial charge is 0.392 e. The number of nitrogens with one attached hydrogen (secondary N) is 1. The zero-order valence-corrected chi connectivity index (χ0v) is 10.9. The van der Waals surface area contributed by atoms with Crippen LogP contribution in [-0.4, -0.2) is 23.0 Å². The Bertz CT molecular complexity index is 543. The lowest BCUT2D eigenvalue weighted by atomic mass is 10.2. The number of ether oxygens (including phenoxy) is 2. The quantitative estimate of drug-likeness (QED) is 0.889. The number of hydrogen-bond acceptors (Lipinski definition) is 3. The predicted molar refractivity (Wildman–Crippen MR) is 72.6 cm³/mol. The van der Waals surface area contributed by atoms with Crippen molar-refractivity contribution in [1.29, 1.82) is 0 Å². The number of H-pyrrole nitrogens is 1. The zero-order valence-electron chi connectivity index (χ0n) is 10.9. The molecular weight excluding hydrogens is 242 g/mol. The van der Waals surface area contributed by atoms with Gasteiger partial charge in [0, 0.05) is 23.2 Å². The first-order valence-electron chi connectivity index (χ1n) is 6.80. The van der Waals surface area contributed by atoms with Crippen LogP contribution in [0.2, 0.25) is 0 Å². The molecule has 0 radical (unpaired) electrons. The van der Waals surface area contributed by atoms with E-state index in [-0.39, 0.29) is 12.9 Å². The molecule has 1 aliphatic heterocycles. The molecule has 0 amide bonds. The van der Waals surface area contributed by atoms with E-state index in [4.69, 9.17) is 14.6 Å². The molecule has 1 aromatic carbocycles. The van der Waals surface area contributed by atoms with Gasteiger partial charge >= 0.3 is 0 Å². The number of fused-ring (bicyclic) bond motifs is 1. The fraction of sp³-hybridized carbons (Fsp3) is 0.467. The van der Waals surface area contributed by atoms with E-state index in [1.165, 1.54) is 6.42 Å². The third kappa shape index (κ3) is 2.97. The van der Waals surface area contributed by atoms with Crippen molar-refractivity contribution in [2.75, 3.05) is 6.61 Å². The van der Waals surface area contributed by atoms with E-state index < -0.39 is 0 Å². The van der Waals surface area contributed by atoms with E-state index >= 15 is 0 Å². The molecule has 2 aromatic rings. The van der Waals surface area contributed by atoms with E-state index in [9.17, 15) is 0 Å². The Morgan fingerprint density at radius 1 is 1.32 bits per heavy atom. The van der Waals surface area contributed by atoms with E-state index in [2.05, 4.69) is 11.1 Å². The Balaban J connectivity index is 1.67. The second-order valence-corrected chi connectivity index (χ2v) is 4.98. The lowest BCUT2D eigenvalue weighted by Crippen LogP contribution is -2.22. The lowest BCUT2D eigenvalue weighted by molar-refractivity contribution is -0.169. The van der Waals surface area contributed by atoms with Crippen LogP contribution in [0.15, 0.2) is 24.3 Å². The van der Waals surface area contributed by atoms with Crippen LogP contribution in [0.5, 0.6) is 0 Å². The summed E-state index contributed by atoms with van der Waals surface area (Å²) in [5.74, 6) is 0. The molecule has 3 rings (SSSR count). The minimum atomic E-state index is -0.0619. The number of aliphatic hydroxyl groups excluding tert-OH is 1. The molecule has 1 saturated heterocycles. The minimum Gasteiger partial charge on any atom is -0.392 e. The molecule has 1 atom stereocenters. The van der Waals surface area contributed by atoms with Crippen molar-refractivity contribution in [2.45, 2.75) is 38.8 Å². The molecule has 0 spiro atoms. The van der Waals surface area contributed by atoms with Crippen LogP contribution in [0, 0.1) is 0 Å². The van der Waals surface area contributed by atoms with Crippen LogP contribution in [0.4, 0.5) is 0 Å². The van der Waals surface area contributed by atoms with E-state index in [1.54, 1.807) is 0 Å². The first-order valence-corrected chi connectivity index (χ1v) is 6.80. The summed E-state index contributed by atoms with van der Waals surface area (Å²) in [7, 11) is 0. The molecule has 4 nitrogen and oxygen atoms in total. The Hall–Kier alpha value is -1.36. The molecule has 2 N–H and O–H groups in total. The third-order valence-corrected chi connectivity index (χ3v) is 3.49. The van der Waals surface area contributed by atoms with Gasteiger partial charge in [-0.25, -0.2) is 0 Å². The fourth-order valence-corrected chi connectivity index (χ4v) is 2.44. The second-order valence-electron chi connectivity index (χ2n) is 4.98. The van der Waals surface area contributed by atoms with E-state index in [0.717, 1.165) is 41.6 Å². The van der Waals surface area contributed by atoms with E-state index in [0.29, 0.717) is 6.61 Å². The van der Waals surface area contributed by atoms with Crippen molar-refractivity contribution in [2.24, 2.45) is 0 Å². The first kappa shape index (κ1) is 12.7. The van der Waals surface area contributed by atoms with Crippen molar-refractivity contribution < 1.29 is 14.6 Å². The topological polar surface area (TPSA) is 54.5 Å². The van der Waals surface area contributed by atoms with Crippen LogP contribution < -0.4 is 0 Å². The first-order chi connectivity index (χ1) is 9.35. The monoisotopic (exact) mass is 261 g/mol. The lowest BCUT2D eigenvalue weighted by Gasteiger charge is -2.22. The number of aliphatic hydroxyl groups is 1. The standard InChI is InChI=1S/C15H19NO3/c17-9-11-4-5-14-12(7-11)8-13(16-14)10-19-15-3-1-2-6-18-15/h4-5,7-8,15-17H,1-3,6,9-10H2. The summed E-state index contributed by atoms with van der Waals surface area (Å²) in [6, 6.07) is 7.97. The van der Waals surface area contributed by atoms with Gasteiger partial charge < -0.3 is 19.6 Å². The summed E-state index contributed by atoms with van der Waals surface area (Å²) in [4.78, 5) is 3.32. The molecule has 1 unspecified atom stereocenters. The van der Waals surface area contributed by atoms with Crippen LogP contribution in [0.3, 0.4) is 0 Å². The molecule has 0 saturated carbocycles. The summed E-state index contributed by atoms with van der Waals surface area (Å²) < 4.78 is 11.3. The van der Waals surface area contributed by atoms with Gasteiger partial charge in [-0.2, -0.15) is 0 Å². The van der Waals surface area contributed by atoms with Gasteiger partial charge in [0.1, 0.15) is 0 Å². The van der Waals surface area contributed by atoms with Gasteiger partial charge in [-0.1, -0.05) is 6.07 Å². The van der Waals surface area contributed by atoms with E-state index in [1.807, 2.05) is 18.2 Å². The summed E-state index contributed by atoms with van der Waals surface area (Å²) in [5.41, 5.74) is 3.04. The normalized spacial score (nSPS) is 19.9. The van der Waals surface area contributed by atoms with Crippen molar-refractivity contribution in [3.05, 3.63) is 35.5 Å². The molecule has 4 heteroatoms. The van der Waals surface area contributed by atoms with Gasteiger partial charge in [0.15, 0.2) is 6.29 Å². The molecule has 1 fully saturated rings. The smallest absolute Gasteiger partial charge is 0.158 e. The molecule has 1 aliphatic rings. The van der Waals surface area contributed by atoms with Crippen LogP contribution in [-0.2, 0) is 22.7 Å². The van der Waals surface area contributed by atoms with Gasteiger partial charge in [0.25, 0.3) is 0 Å². The molecule has 19 heavy (non-hydrogen) atoms. The Labute approximate surface area is 112 Å². The second kappa shape index (κ2) is 5.74. The molecule has 1 aromatic heterocycles. The summed E-state index contributed by atoms with van der Waals surface area (Å²) >= 11 is 0. The number of benzene rings is 1. The maximum atomic E-state index is 9.13. The number of aromatic nitrogens is 1. The van der Waals surface area contributed by atoms with Crippen LogP contribution in [0.25, 0.3) is 10.9 Å². The van der Waals surface area contributed by atoms with Gasteiger partial charge in [-0.15, -0.1) is 0 Å². The van der Waals surface area contributed by atoms with Crippen molar-refractivity contribution >= 4 is 10.9 Å². The molecule has 0 aliphatic carbocycles. The average molecular weight is 261 g/mol. The third-order valence-electron chi connectivity index (χ3n) is 3.49. The molecule has 2 heterocycles. The van der Waals surface area contributed by atoms with Gasteiger partial charge in [0.05, 0.1) is 13.2 Å². The molecule has 0 bridgehead atoms. The summed E-state index contributed by atoms with van der Waals surface area (Å²) in [5, 5.41) is 10.2. The highest BCUT2D eigenvalue weighted by molar-refractivity contribution is 5.81. The zero-order chi connectivity index (χ0) is 13.1. The van der Waals surface area contributed by atoms with Crippen molar-refractivity contribution in [1.82, 2.24) is 4.98 Å². The van der Waals surface area contributed by atoms with Gasteiger partial charge in [0.2, 0.25) is 0 Å². The maximum absolute atomic E-state index is 9.13. The van der Waals surface area contributed by atoms with Crippen LogP contribution in [0.1, 0.15) is 30.5 Å². The summed E-state index contributed by atoms with van der Waals surface area (Å²) in [6.45, 7) is 1.41. The minimum absolute atomic E-state index is 0.0619. The Morgan fingerprint density at radius 2 is 2.26 bits per heavy atom. The fourth-order valence-electron chi connectivity index (χ4n) is 2.44. The number of aromatic amines is 1. The van der Waals surface area contributed by atoms with Gasteiger partial charge in [-0.3, -0.25) is 0 Å². The SMILES string of the molecule is OCc1ccc2[nH]c(COC3CCCCO3)cc2c1.